The van der Waals surface area contributed by atoms with Gasteiger partial charge in [-0.05, 0) is 55.7 Å². The predicted octanol–water partition coefficient (Wildman–Crippen LogP) is 3.36. The Balaban J connectivity index is 1.57. The Bertz CT molecular complexity index is 936. The quantitative estimate of drug-likeness (QED) is 0.860. The molecule has 2 aromatic rings. The fourth-order valence-electron chi connectivity index (χ4n) is 3.68. The van der Waals surface area contributed by atoms with Gasteiger partial charge < -0.3 is 24.6 Å². The minimum Gasteiger partial charge on any atom is -0.454 e. The molecule has 0 saturated carbocycles. The van der Waals surface area contributed by atoms with Gasteiger partial charge in [-0.3, -0.25) is 9.59 Å². The van der Waals surface area contributed by atoms with Crippen molar-refractivity contribution in [3.8, 4) is 11.5 Å². The molecule has 1 N–H and O–H groups in total. The highest BCUT2D eigenvalue weighted by molar-refractivity contribution is 6.06. The molecule has 0 aliphatic carbocycles. The van der Waals surface area contributed by atoms with Gasteiger partial charge in [-0.1, -0.05) is 0 Å². The van der Waals surface area contributed by atoms with Crippen LogP contribution in [0.15, 0.2) is 36.4 Å². The Morgan fingerprint density at radius 3 is 2.48 bits per heavy atom. The maximum absolute atomic E-state index is 13.1. The summed E-state index contributed by atoms with van der Waals surface area (Å²) in [5.74, 6) is 0.928. The first-order valence-electron chi connectivity index (χ1n) is 9.84. The predicted molar refractivity (Wildman–Crippen MR) is 111 cm³/mol. The van der Waals surface area contributed by atoms with E-state index < -0.39 is 0 Å². The number of amides is 2. The molecule has 2 aliphatic rings. The van der Waals surface area contributed by atoms with Crippen LogP contribution >= 0.6 is 0 Å². The molecule has 152 valence electrons. The van der Waals surface area contributed by atoms with Crippen LogP contribution in [0.4, 0.5) is 11.4 Å². The van der Waals surface area contributed by atoms with Gasteiger partial charge in [0.15, 0.2) is 11.5 Å². The van der Waals surface area contributed by atoms with Crippen molar-refractivity contribution >= 4 is 23.2 Å². The van der Waals surface area contributed by atoms with Gasteiger partial charge in [-0.2, -0.15) is 0 Å². The van der Waals surface area contributed by atoms with Crippen LogP contribution in [0.5, 0.6) is 11.5 Å². The maximum atomic E-state index is 13.1. The van der Waals surface area contributed by atoms with Crippen molar-refractivity contribution in [3.05, 3.63) is 47.5 Å². The summed E-state index contributed by atoms with van der Waals surface area (Å²) in [6, 6.07) is 10.5. The molecule has 0 bridgehead atoms. The molecule has 2 aliphatic heterocycles. The lowest BCUT2D eigenvalue weighted by molar-refractivity contribution is 0.0724. The van der Waals surface area contributed by atoms with Crippen molar-refractivity contribution in [1.29, 1.82) is 0 Å². The van der Waals surface area contributed by atoms with Gasteiger partial charge in [0.1, 0.15) is 0 Å². The minimum atomic E-state index is -0.266. The van der Waals surface area contributed by atoms with E-state index in [2.05, 4.69) is 5.32 Å². The monoisotopic (exact) mass is 395 g/mol. The SMILES string of the molecule is CN(C)c1ccc(NC(=O)c2ccc3c(c2)OCO3)cc1C(=O)N1CCCCC1. The first-order chi connectivity index (χ1) is 14.0. The number of hydrogen-bond acceptors (Lipinski definition) is 5. The van der Waals surface area contributed by atoms with Crippen LogP contribution in [0.2, 0.25) is 0 Å². The fraction of sp³-hybridized carbons (Fsp3) is 0.364. The molecule has 2 heterocycles. The molecular formula is C22H25N3O4. The average Bonchev–Trinajstić information content (AvgIpc) is 3.21. The normalized spacial score (nSPS) is 15.2. The number of anilines is 2. The molecule has 4 rings (SSSR count). The zero-order chi connectivity index (χ0) is 20.4. The largest absolute Gasteiger partial charge is 0.454 e. The fourth-order valence-corrected chi connectivity index (χ4v) is 3.68. The topological polar surface area (TPSA) is 71.1 Å². The number of fused-ring (bicyclic) bond motifs is 1. The number of rotatable bonds is 4. The zero-order valence-electron chi connectivity index (χ0n) is 16.7. The number of benzene rings is 2. The molecule has 0 atom stereocenters. The zero-order valence-corrected chi connectivity index (χ0v) is 16.7. The third-order valence-corrected chi connectivity index (χ3v) is 5.24. The van der Waals surface area contributed by atoms with Gasteiger partial charge in [0.05, 0.1) is 5.56 Å². The van der Waals surface area contributed by atoms with Crippen LogP contribution in [-0.4, -0.2) is 50.7 Å². The summed E-state index contributed by atoms with van der Waals surface area (Å²) in [6.45, 7) is 1.72. The van der Waals surface area contributed by atoms with Crippen LogP contribution in [0.3, 0.4) is 0 Å². The van der Waals surface area contributed by atoms with E-state index in [1.165, 1.54) is 0 Å². The Kier molecular flexibility index (Phi) is 5.29. The molecule has 0 radical (unpaired) electrons. The molecule has 7 heteroatoms. The van der Waals surface area contributed by atoms with Crippen LogP contribution in [0.25, 0.3) is 0 Å². The molecule has 0 unspecified atom stereocenters. The van der Waals surface area contributed by atoms with E-state index >= 15 is 0 Å². The second kappa shape index (κ2) is 8.03. The number of carbonyl (C=O) groups is 2. The molecule has 7 nitrogen and oxygen atoms in total. The van der Waals surface area contributed by atoms with Gasteiger partial charge in [0, 0.05) is 44.1 Å². The number of carbonyl (C=O) groups excluding carboxylic acids is 2. The van der Waals surface area contributed by atoms with Gasteiger partial charge >= 0.3 is 0 Å². The lowest BCUT2D eigenvalue weighted by Gasteiger charge is -2.28. The Labute approximate surface area is 170 Å². The summed E-state index contributed by atoms with van der Waals surface area (Å²) >= 11 is 0. The summed E-state index contributed by atoms with van der Waals surface area (Å²) < 4.78 is 10.6. The van der Waals surface area contributed by atoms with Crippen molar-refractivity contribution in [2.75, 3.05) is 44.2 Å². The second-order valence-electron chi connectivity index (χ2n) is 7.50. The van der Waals surface area contributed by atoms with E-state index in [0.717, 1.165) is 38.0 Å². The van der Waals surface area contributed by atoms with E-state index in [1.807, 2.05) is 36.0 Å². The number of nitrogens with zero attached hydrogens (tertiary/aromatic N) is 2. The highest BCUT2D eigenvalue weighted by Gasteiger charge is 2.23. The van der Waals surface area contributed by atoms with Crippen molar-refractivity contribution < 1.29 is 19.1 Å². The molecule has 29 heavy (non-hydrogen) atoms. The number of ether oxygens (including phenoxy) is 2. The van der Waals surface area contributed by atoms with Crippen LogP contribution < -0.4 is 19.7 Å². The Morgan fingerprint density at radius 1 is 0.966 bits per heavy atom. The number of likely N-dealkylation sites (tertiary alicyclic amines) is 1. The lowest BCUT2D eigenvalue weighted by atomic mass is 10.1. The summed E-state index contributed by atoms with van der Waals surface area (Å²) in [7, 11) is 3.82. The lowest BCUT2D eigenvalue weighted by Crippen LogP contribution is -2.36. The number of piperidine rings is 1. The third kappa shape index (κ3) is 3.99. The molecule has 2 amide bonds. The number of hydrogen-bond donors (Lipinski definition) is 1. The van der Waals surface area contributed by atoms with E-state index in [9.17, 15) is 9.59 Å². The van der Waals surface area contributed by atoms with Crippen LogP contribution in [0.1, 0.15) is 40.0 Å². The second-order valence-corrected chi connectivity index (χ2v) is 7.50. The minimum absolute atomic E-state index is 0.00702. The standard InChI is InChI=1S/C22H25N3O4/c1-24(2)18-8-7-16(13-17(18)22(27)25-10-4-3-5-11-25)23-21(26)15-6-9-19-20(12-15)29-14-28-19/h6-9,12-13H,3-5,10-11,14H2,1-2H3,(H,23,26). The highest BCUT2D eigenvalue weighted by atomic mass is 16.7. The summed E-state index contributed by atoms with van der Waals surface area (Å²) in [4.78, 5) is 29.6. The van der Waals surface area contributed by atoms with Gasteiger partial charge in [0.25, 0.3) is 11.8 Å². The molecule has 2 aromatic carbocycles. The van der Waals surface area contributed by atoms with E-state index in [1.54, 1.807) is 24.3 Å². The van der Waals surface area contributed by atoms with Crippen molar-refractivity contribution in [3.63, 3.8) is 0 Å². The van der Waals surface area contributed by atoms with E-state index in [4.69, 9.17) is 9.47 Å². The van der Waals surface area contributed by atoms with Crippen molar-refractivity contribution in [2.24, 2.45) is 0 Å². The Morgan fingerprint density at radius 2 is 1.72 bits per heavy atom. The Hall–Kier alpha value is -3.22. The van der Waals surface area contributed by atoms with Crippen LogP contribution in [-0.2, 0) is 0 Å². The molecule has 0 aromatic heterocycles. The average molecular weight is 395 g/mol. The molecule has 1 saturated heterocycles. The van der Waals surface area contributed by atoms with E-state index in [-0.39, 0.29) is 18.6 Å². The molecule has 1 fully saturated rings. The van der Waals surface area contributed by atoms with E-state index in [0.29, 0.717) is 28.3 Å². The summed E-state index contributed by atoms with van der Waals surface area (Å²) in [5, 5.41) is 2.89. The first-order valence-corrected chi connectivity index (χ1v) is 9.84. The van der Waals surface area contributed by atoms with Gasteiger partial charge in [-0.15, -0.1) is 0 Å². The number of nitrogens with one attached hydrogen (secondary N) is 1. The third-order valence-electron chi connectivity index (χ3n) is 5.24. The van der Waals surface area contributed by atoms with Crippen LogP contribution in [0, 0.1) is 0 Å². The van der Waals surface area contributed by atoms with Gasteiger partial charge in [0.2, 0.25) is 6.79 Å². The summed E-state index contributed by atoms with van der Waals surface area (Å²) in [5.41, 5.74) is 2.48. The maximum Gasteiger partial charge on any atom is 0.256 e. The summed E-state index contributed by atoms with van der Waals surface area (Å²) in [6.07, 6.45) is 3.23. The molecule has 0 spiro atoms. The molecular weight excluding hydrogens is 370 g/mol. The van der Waals surface area contributed by atoms with Crippen molar-refractivity contribution in [1.82, 2.24) is 4.90 Å². The van der Waals surface area contributed by atoms with Crippen molar-refractivity contribution in [2.45, 2.75) is 19.3 Å². The first kappa shape index (κ1) is 19.1. The highest BCUT2D eigenvalue weighted by Crippen LogP contribution is 2.33. The van der Waals surface area contributed by atoms with Gasteiger partial charge in [-0.25, -0.2) is 0 Å². The smallest absolute Gasteiger partial charge is 0.256 e.